The standard InChI is InChI=1S/C13H20N2S/c1-10-5-3-7-12-13(10)15(2)11(9-16-12)6-4-8-14/h3,5,7,11H,4,6,8-9,14H2,1-2H3. The maximum absolute atomic E-state index is 5.59. The first kappa shape index (κ1) is 11.8. The summed E-state index contributed by atoms with van der Waals surface area (Å²) in [6.07, 6.45) is 2.32. The molecule has 2 rings (SSSR count). The van der Waals surface area contributed by atoms with Gasteiger partial charge in [-0.15, -0.1) is 11.8 Å². The van der Waals surface area contributed by atoms with E-state index in [1.54, 1.807) is 0 Å². The van der Waals surface area contributed by atoms with Gasteiger partial charge >= 0.3 is 0 Å². The number of nitrogens with two attached hydrogens (primary N) is 1. The van der Waals surface area contributed by atoms with Crippen molar-refractivity contribution in [3.05, 3.63) is 23.8 Å². The van der Waals surface area contributed by atoms with Crippen LogP contribution in [-0.2, 0) is 0 Å². The average molecular weight is 236 g/mol. The Kier molecular flexibility index (Phi) is 3.77. The van der Waals surface area contributed by atoms with Crippen LogP contribution in [0.4, 0.5) is 5.69 Å². The Balaban J connectivity index is 2.20. The molecule has 1 aromatic rings. The zero-order valence-electron chi connectivity index (χ0n) is 10.1. The van der Waals surface area contributed by atoms with Gasteiger partial charge in [-0.3, -0.25) is 0 Å². The maximum atomic E-state index is 5.59. The van der Waals surface area contributed by atoms with Crippen LogP contribution in [0.3, 0.4) is 0 Å². The van der Waals surface area contributed by atoms with Crippen LogP contribution in [0.25, 0.3) is 0 Å². The molecule has 3 heteroatoms. The summed E-state index contributed by atoms with van der Waals surface area (Å²) in [5.41, 5.74) is 8.39. The van der Waals surface area contributed by atoms with Crippen molar-refractivity contribution in [3.8, 4) is 0 Å². The van der Waals surface area contributed by atoms with Gasteiger partial charge in [-0.1, -0.05) is 12.1 Å². The van der Waals surface area contributed by atoms with E-state index in [1.807, 2.05) is 11.8 Å². The van der Waals surface area contributed by atoms with E-state index in [0.717, 1.165) is 13.0 Å². The summed E-state index contributed by atoms with van der Waals surface area (Å²) in [6.45, 7) is 3.00. The highest BCUT2D eigenvalue weighted by atomic mass is 32.2. The first-order chi connectivity index (χ1) is 7.74. The van der Waals surface area contributed by atoms with Crippen LogP contribution in [0.1, 0.15) is 18.4 Å². The molecule has 0 bridgehead atoms. The van der Waals surface area contributed by atoms with Crippen LogP contribution in [-0.4, -0.2) is 25.4 Å². The summed E-state index contributed by atoms with van der Waals surface area (Å²) in [4.78, 5) is 3.86. The molecule has 0 radical (unpaired) electrons. The van der Waals surface area contributed by atoms with Gasteiger partial charge in [0, 0.05) is 23.7 Å². The van der Waals surface area contributed by atoms with Crippen molar-refractivity contribution >= 4 is 17.4 Å². The first-order valence-corrected chi connectivity index (χ1v) is 6.88. The molecule has 1 aromatic carbocycles. The Morgan fingerprint density at radius 3 is 3.06 bits per heavy atom. The monoisotopic (exact) mass is 236 g/mol. The molecule has 1 aliphatic rings. The molecule has 2 nitrogen and oxygen atoms in total. The molecular weight excluding hydrogens is 216 g/mol. The topological polar surface area (TPSA) is 29.3 Å². The van der Waals surface area contributed by atoms with Gasteiger partial charge in [0.15, 0.2) is 0 Å². The van der Waals surface area contributed by atoms with Crippen molar-refractivity contribution in [2.75, 3.05) is 24.2 Å². The molecule has 1 atom stereocenters. The number of anilines is 1. The highest BCUT2D eigenvalue weighted by Gasteiger charge is 2.24. The first-order valence-electron chi connectivity index (χ1n) is 5.89. The van der Waals surface area contributed by atoms with E-state index in [4.69, 9.17) is 5.73 Å². The highest BCUT2D eigenvalue weighted by Crippen LogP contribution is 2.39. The lowest BCUT2D eigenvalue weighted by molar-refractivity contribution is 0.598. The van der Waals surface area contributed by atoms with Gasteiger partial charge in [0.25, 0.3) is 0 Å². The lowest BCUT2D eigenvalue weighted by atomic mass is 10.1. The van der Waals surface area contributed by atoms with Crippen molar-refractivity contribution in [1.82, 2.24) is 0 Å². The summed E-state index contributed by atoms with van der Waals surface area (Å²) in [5, 5.41) is 0. The quantitative estimate of drug-likeness (QED) is 0.875. The van der Waals surface area contributed by atoms with Crippen molar-refractivity contribution in [1.29, 1.82) is 0 Å². The number of hydrogen-bond acceptors (Lipinski definition) is 3. The van der Waals surface area contributed by atoms with E-state index in [1.165, 1.54) is 28.3 Å². The third-order valence-electron chi connectivity index (χ3n) is 3.27. The van der Waals surface area contributed by atoms with E-state index in [-0.39, 0.29) is 0 Å². The molecule has 2 N–H and O–H groups in total. The molecule has 0 spiro atoms. The lowest BCUT2D eigenvalue weighted by Crippen LogP contribution is -2.37. The molecule has 0 saturated carbocycles. The lowest BCUT2D eigenvalue weighted by Gasteiger charge is -2.36. The summed E-state index contributed by atoms with van der Waals surface area (Å²) in [7, 11) is 2.22. The highest BCUT2D eigenvalue weighted by molar-refractivity contribution is 7.99. The van der Waals surface area contributed by atoms with Crippen molar-refractivity contribution in [2.45, 2.75) is 30.7 Å². The Labute approximate surface area is 102 Å². The van der Waals surface area contributed by atoms with Gasteiger partial charge in [0.2, 0.25) is 0 Å². The molecule has 0 aliphatic carbocycles. The second kappa shape index (κ2) is 5.11. The maximum Gasteiger partial charge on any atom is 0.0534 e. The summed E-state index contributed by atoms with van der Waals surface area (Å²) in [6, 6.07) is 7.21. The van der Waals surface area contributed by atoms with E-state index < -0.39 is 0 Å². The zero-order chi connectivity index (χ0) is 11.5. The number of aryl methyl sites for hydroxylation is 1. The predicted octanol–water partition coefficient (Wildman–Crippen LogP) is 2.64. The van der Waals surface area contributed by atoms with Gasteiger partial charge in [0.05, 0.1) is 5.69 Å². The average Bonchev–Trinajstić information content (AvgIpc) is 2.28. The number of rotatable bonds is 3. The smallest absolute Gasteiger partial charge is 0.0534 e. The van der Waals surface area contributed by atoms with Crippen LogP contribution in [0.15, 0.2) is 23.1 Å². The van der Waals surface area contributed by atoms with Gasteiger partial charge in [-0.2, -0.15) is 0 Å². The van der Waals surface area contributed by atoms with Crippen LogP contribution in [0, 0.1) is 6.92 Å². The molecule has 0 aromatic heterocycles. The van der Waals surface area contributed by atoms with E-state index in [2.05, 4.69) is 37.1 Å². The zero-order valence-corrected chi connectivity index (χ0v) is 10.9. The van der Waals surface area contributed by atoms with Crippen molar-refractivity contribution in [3.63, 3.8) is 0 Å². The van der Waals surface area contributed by atoms with Crippen LogP contribution in [0.5, 0.6) is 0 Å². The Morgan fingerprint density at radius 2 is 2.31 bits per heavy atom. The van der Waals surface area contributed by atoms with Crippen molar-refractivity contribution in [2.24, 2.45) is 5.73 Å². The fourth-order valence-electron chi connectivity index (χ4n) is 2.31. The number of benzene rings is 1. The molecule has 1 aliphatic heterocycles. The van der Waals surface area contributed by atoms with Gasteiger partial charge in [-0.05, 0) is 37.9 Å². The minimum atomic E-state index is 0.641. The Hall–Kier alpha value is -0.670. The largest absolute Gasteiger partial charge is 0.370 e. The van der Waals surface area contributed by atoms with Gasteiger partial charge in [0.1, 0.15) is 0 Å². The molecule has 16 heavy (non-hydrogen) atoms. The fourth-order valence-corrected chi connectivity index (χ4v) is 3.69. The van der Waals surface area contributed by atoms with E-state index in [0.29, 0.717) is 6.04 Å². The van der Waals surface area contributed by atoms with Gasteiger partial charge < -0.3 is 10.6 Å². The molecule has 1 heterocycles. The number of nitrogens with zero attached hydrogens (tertiary/aromatic N) is 1. The fraction of sp³-hybridized carbons (Fsp3) is 0.538. The molecule has 0 amide bonds. The van der Waals surface area contributed by atoms with Crippen molar-refractivity contribution < 1.29 is 0 Å². The number of fused-ring (bicyclic) bond motifs is 1. The Bertz CT molecular complexity index is 365. The van der Waals surface area contributed by atoms with E-state index >= 15 is 0 Å². The molecule has 0 fully saturated rings. The number of thioether (sulfide) groups is 1. The van der Waals surface area contributed by atoms with Crippen LogP contribution < -0.4 is 10.6 Å². The second-order valence-electron chi connectivity index (χ2n) is 4.43. The van der Waals surface area contributed by atoms with E-state index in [9.17, 15) is 0 Å². The van der Waals surface area contributed by atoms with Gasteiger partial charge in [-0.25, -0.2) is 0 Å². The predicted molar refractivity (Wildman–Crippen MR) is 72.4 cm³/mol. The molecular formula is C13H20N2S. The third kappa shape index (κ3) is 2.20. The minimum absolute atomic E-state index is 0.641. The summed E-state index contributed by atoms with van der Waals surface area (Å²) >= 11 is 1.98. The normalized spacial score (nSPS) is 19.7. The Morgan fingerprint density at radius 1 is 1.50 bits per heavy atom. The second-order valence-corrected chi connectivity index (χ2v) is 5.49. The summed E-state index contributed by atoms with van der Waals surface area (Å²) < 4.78 is 0. The van der Waals surface area contributed by atoms with Crippen LogP contribution >= 0.6 is 11.8 Å². The molecule has 1 unspecified atom stereocenters. The number of para-hydroxylation sites is 1. The SMILES string of the molecule is Cc1cccc2c1N(C)C(CCCN)CS2. The summed E-state index contributed by atoms with van der Waals surface area (Å²) in [5.74, 6) is 1.19. The number of hydrogen-bond donors (Lipinski definition) is 1. The minimum Gasteiger partial charge on any atom is -0.370 e. The molecule has 0 saturated heterocycles. The van der Waals surface area contributed by atoms with Crippen LogP contribution in [0.2, 0.25) is 0 Å². The third-order valence-corrected chi connectivity index (χ3v) is 4.47. The molecule has 88 valence electrons.